The molecule has 1 saturated heterocycles. The van der Waals surface area contributed by atoms with Crippen LogP contribution in [0.3, 0.4) is 0 Å². The van der Waals surface area contributed by atoms with Crippen LogP contribution in [0.1, 0.15) is 36.3 Å². The Kier molecular flexibility index (Phi) is 3.68. The summed E-state index contributed by atoms with van der Waals surface area (Å²) < 4.78 is 1.80. The van der Waals surface area contributed by atoms with E-state index in [2.05, 4.69) is 17.1 Å². The van der Waals surface area contributed by atoms with Crippen LogP contribution >= 0.6 is 0 Å². The lowest BCUT2D eigenvalue weighted by Crippen LogP contribution is -2.49. The molecule has 132 valence electrons. The van der Waals surface area contributed by atoms with Gasteiger partial charge in [-0.2, -0.15) is 0 Å². The Bertz CT molecular complexity index is 917. The summed E-state index contributed by atoms with van der Waals surface area (Å²) in [6.45, 7) is 4.63. The van der Waals surface area contributed by atoms with Crippen LogP contribution in [0.15, 0.2) is 23.0 Å². The molecule has 25 heavy (non-hydrogen) atoms. The van der Waals surface area contributed by atoms with Crippen molar-refractivity contribution in [3.63, 3.8) is 0 Å². The highest BCUT2D eigenvalue weighted by Gasteiger charge is 2.30. The number of nitrogens with zero attached hydrogens (tertiary/aromatic N) is 2. The first kappa shape index (κ1) is 16.0. The van der Waals surface area contributed by atoms with Gasteiger partial charge in [0.15, 0.2) is 5.43 Å². The lowest BCUT2D eigenvalue weighted by atomic mass is 10.1. The van der Waals surface area contributed by atoms with E-state index in [1.54, 1.807) is 10.6 Å². The third-order valence-corrected chi connectivity index (χ3v) is 5.04. The summed E-state index contributed by atoms with van der Waals surface area (Å²) in [6.07, 6.45) is 1.87. The molecule has 7 heteroatoms. The number of carbonyl (C=O) groups is 1. The van der Waals surface area contributed by atoms with E-state index in [9.17, 15) is 14.7 Å². The molecule has 1 aliphatic carbocycles. The average Bonchev–Trinajstić information content (AvgIpc) is 3.39. The Labute approximate surface area is 145 Å². The number of carboxylic acid groups (broad SMARTS) is 1. The highest BCUT2D eigenvalue weighted by Crippen LogP contribution is 2.39. The number of piperazine rings is 1. The summed E-state index contributed by atoms with van der Waals surface area (Å²) in [6, 6.07) is 5.31. The Balaban J connectivity index is 1.95. The molecule has 2 aromatic rings. The van der Waals surface area contributed by atoms with Crippen LogP contribution < -0.4 is 21.4 Å². The summed E-state index contributed by atoms with van der Waals surface area (Å²) in [4.78, 5) is 26.3. The van der Waals surface area contributed by atoms with Gasteiger partial charge in [-0.3, -0.25) is 4.79 Å². The molecule has 2 fully saturated rings. The number of hydrogen-bond acceptors (Lipinski definition) is 5. The Morgan fingerprint density at radius 2 is 2.08 bits per heavy atom. The number of nitrogen functional groups attached to an aromatic ring is 1. The molecule has 0 spiro atoms. The van der Waals surface area contributed by atoms with Crippen molar-refractivity contribution < 1.29 is 9.90 Å². The van der Waals surface area contributed by atoms with Gasteiger partial charge < -0.3 is 25.6 Å². The van der Waals surface area contributed by atoms with Gasteiger partial charge in [0.25, 0.3) is 0 Å². The van der Waals surface area contributed by atoms with E-state index < -0.39 is 5.97 Å². The molecule has 0 bridgehead atoms. The molecular weight excluding hydrogens is 320 g/mol. The third kappa shape index (κ3) is 2.74. The van der Waals surface area contributed by atoms with Gasteiger partial charge in [-0.05, 0) is 31.9 Å². The fourth-order valence-corrected chi connectivity index (χ4v) is 3.71. The van der Waals surface area contributed by atoms with E-state index >= 15 is 0 Å². The van der Waals surface area contributed by atoms with Crippen LogP contribution in [0.4, 0.5) is 11.4 Å². The van der Waals surface area contributed by atoms with Crippen molar-refractivity contribution in [2.45, 2.75) is 31.8 Å². The number of hydrogen-bond donors (Lipinski definition) is 3. The van der Waals surface area contributed by atoms with Gasteiger partial charge in [0.2, 0.25) is 0 Å². The molecule has 0 radical (unpaired) electrons. The number of nitrogens with one attached hydrogen (secondary N) is 1. The van der Waals surface area contributed by atoms with Gasteiger partial charge in [0.05, 0.1) is 16.9 Å². The molecule has 1 unspecified atom stereocenters. The third-order valence-electron chi connectivity index (χ3n) is 5.04. The van der Waals surface area contributed by atoms with Crippen molar-refractivity contribution in [2.75, 3.05) is 30.3 Å². The first-order valence-corrected chi connectivity index (χ1v) is 8.66. The highest BCUT2D eigenvalue weighted by molar-refractivity contribution is 5.94. The SMILES string of the molecule is CC1CN(c2cc3c(cc2N)c(=O)cc(C(=O)O)n3C2CC2)CCN1. The molecule has 2 aliphatic rings. The number of aromatic carboxylic acids is 1. The van der Waals surface area contributed by atoms with Crippen molar-refractivity contribution in [2.24, 2.45) is 0 Å². The van der Waals surface area contributed by atoms with Crippen LogP contribution in [0.5, 0.6) is 0 Å². The van der Waals surface area contributed by atoms with Crippen molar-refractivity contribution in [1.82, 2.24) is 9.88 Å². The summed E-state index contributed by atoms with van der Waals surface area (Å²) in [7, 11) is 0. The number of pyridine rings is 1. The van der Waals surface area contributed by atoms with E-state index in [0.29, 0.717) is 22.6 Å². The lowest BCUT2D eigenvalue weighted by Gasteiger charge is -2.34. The van der Waals surface area contributed by atoms with E-state index in [4.69, 9.17) is 5.73 Å². The minimum Gasteiger partial charge on any atom is -0.477 e. The average molecular weight is 342 g/mol. The first-order valence-electron chi connectivity index (χ1n) is 8.66. The molecule has 4 N–H and O–H groups in total. The van der Waals surface area contributed by atoms with E-state index in [1.807, 2.05) is 6.07 Å². The molecule has 1 aliphatic heterocycles. The van der Waals surface area contributed by atoms with Crippen molar-refractivity contribution in [3.8, 4) is 0 Å². The lowest BCUT2D eigenvalue weighted by molar-refractivity contribution is 0.0684. The monoisotopic (exact) mass is 342 g/mol. The van der Waals surface area contributed by atoms with Crippen LogP contribution in [-0.4, -0.2) is 41.3 Å². The number of anilines is 2. The minimum atomic E-state index is -1.07. The second-order valence-corrected chi connectivity index (χ2v) is 7.03. The molecule has 1 atom stereocenters. The highest BCUT2D eigenvalue weighted by atomic mass is 16.4. The number of carboxylic acids is 1. The van der Waals surface area contributed by atoms with E-state index in [0.717, 1.165) is 38.2 Å². The maximum absolute atomic E-state index is 12.4. The van der Waals surface area contributed by atoms with Gasteiger partial charge in [-0.1, -0.05) is 0 Å². The molecule has 4 rings (SSSR count). The van der Waals surface area contributed by atoms with Crippen molar-refractivity contribution >= 4 is 28.2 Å². The van der Waals surface area contributed by atoms with Crippen LogP contribution in [0.25, 0.3) is 10.9 Å². The first-order chi connectivity index (χ1) is 12.0. The van der Waals surface area contributed by atoms with Gasteiger partial charge in [-0.15, -0.1) is 0 Å². The van der Waals surface area contributed by atoms with Crippen LogP contribution in [0, 0.1) is 0 Å². The standard InChI is InChI=1S/C18H22N4O3/c1-10-9-21(5-4-20-10)15-7-14-12(6-13(15)19)17(23)8-16(18(24)25)22(14)11-2-3-11/h6-8,10-11,20H,2-5,9,19H2,1H3,(H,24,25). The van der Waals surface area contributed by atoms with Gasteiger partial charge in [0.1, 0.15) is 5.69 Å². The van der Waals surface area contributed by atoms with Gasteiger partial charge in [0, 0.05) is 43.2 Å². The van der Waals surface area contributed by atoms with Crippen LogP contribution in [-0.2, 0) is 0 Å². The number of rotatable bonds is 3. The molecule has 0 amide bonds. The predicted octanol–water partition coefficient (Wildman–Crippen LogP) is 1.41. The molecule has 1 aromatic carbocycles. The number of nitrogens with two attached hydrogens (primary N) is 1. The Morgan fingerprint density at radius 1 is 1.32 bits per heavy atom. The molecule has 1 saturated carbocycles. The fraction of sp³-hybridized carbons (Fsp3) is 0.444. The van der Waals surface area contributed by atoms with E-state index in [1.165, 1.54) is 6.07 Å². The molecular formula is C18H22N4O3. The maximum atomic E-state index is 12.4. The zero-order valence-corrected chi connectivity index (χ0v) is 14.2. The van der Waals surface area contributed by atoms with Crippen molar-refractivity contribution in [1.29, 1.82) is 0 Å². The summed E-state index contributed by atoms with van der Waals surface area (Å²) in [5, 5.41) is 13.4. The maximum Gasteiger partial charge on any atom is 0.352 e. The smallest absolute Gasteiger partial charge is 0.352 e. The second-order valence-electron chi connectivity index (χ2n) is 7.03. The number of aromatic nitrogens is 1. The summed E-state index contributed by atoms with van der Waals surface area (Å²) in [5.41, 5.74) is 8.11. The summed E-state index contributed by atoms with van der Waals surface area (Å²) in [5.74, 6) is -1.07. The van der Waals surface area contributed by atoms with Gasteiger partial charge in [-0.25, -0.2) is 4.79 Å². The second kappa shape index (κ2) is 5.77. The normalized spacial score (nSPS) is 20.8. The summed E-state index contributed by atoms with van der Waals surface area (Å²) >= 11 is 0. The Morgan fingerprint density at radius 3 is 2.72 bits per heavy atom. The zero-order chi connectivity index (χ0) is 17.7. The van der Waals surface area contributed by atoms with Crippen molar-refractivity contribution in [3.05, 3.63) is 34.1 Å². The number of fused-ring (bicyclic) bond motifs is 1. The molecule has 2 heterocycles. The predicted molar refractivity (Wildman–Crippen MR) is 97.5 cm³/mol. The van der Waals surface area contributed by atoms with E-state index in [-0.39, 0.29) is 17.2 Å². The fourth-order valence-electron chi connectivity index (χ4n) is 3.71. The van der Waals surface area contributed by atoms with Crippen LogP contribution in [0.2, 0.25) is 0 Å². The van der Waals surface area contributed by atoms with Gasteiger partial charge >= 0.3 is 5.97 Å². The topological polar surface area (TPSA) is 101 Å². The Hall–Kier alpha value is -2.54. The number of benzene rings is 1. The minimum absolute atomic E-state index is 0.0596. The zero-order valence-electron chi connectivity index (χ0n) is 14.2. The molecule has 7 nitrogen and oxygen atoms in total. The largest absolute Gasteiger partial charge is 0.477 e. The molecule has 1 aromatic heterocycles. The quantitative estimate of drug-likeness (QED) is 0.729.